The van der Waals surface area contributed by atoms with E-state index >= 15 is 0 Å². The van der Waals surface area contributed by atoms with Crippen molar-refractivity contribution in [1.29, 1.82) is 5.26 Å². The van der Waals surface area contributed by atoms with Gasteiger partial charge in [-0.2, -0.15) is 5.26 Å². The van der Waals surface area contributed by atoms with Gasteiger partial charge < -0.3 is 0 Å². The molecule has 0 amide bonds. The highest BCUT2D eigenvalue weighted by atomic mass is 16.1. The van der Waals surface area contributed by atoms with Crippen LogP contribution < -0.4 is 0 Å². The molecule has 0 spiro atoms. The van der Waals surface area contributed by atoms with Crippen molar-refractivity contribution >= 4 is 5.78 Å². The molecule has 28 heavy (non-hydrogen) atoms. The van der Waals surface area contributed by atoms with Crippen LogP contribution in [0.4, 0.5) is 0 Å². The van der Waals surface area contributed by atoms with Gasteiger partial charge in [-0.15, -0.1) is 0 Å². The molecule has 0 radical (unpaired) electrons. The molecule has 0 saturated carbocycles. The molecule has 2 aliphatic rings. The summed E-state index contributed by atoms with van der Waals surface area (Å²) in [5, 5.41) is 9.78. The van der Waals surface area contributed by atoms with Gasteiger partial charge in [0.25, 0.3) is 0 Å². The first-order valence-electron chi connectivity index (χ1n) is 10.6. The van der Waals surface area contributed by atoms with Crippen molar-refractivity contribution < 1.29 is 4.79 Å². The van der Waals surface area contributed by atoms with Crippen LogP contribution >= 0.6 is 0 Å². The zero-order valence-electron chi connectivity index (χ0n) is 18.2. The summed E-state index contributed by atoms with van der Waals surface area (Å²) in [5.74, 6) is 0.193. The topological polar surface area (TPSA) is 40.9 Å². The summed E-state index contributed by atoms with van der Waals surface area (Å²) in [6.45, 7) is 10.3. The zero-order valence-corrected chi connectivity index (χ0v) is 18.2. The summed E-state index contributed by atoms with van der Waals surface area (Å²) in [6.07, 6.45) is 18.9. The normalized spacial score (nSPS) is 26.6. The van der Waals surface area contributed by atoms with Gasteiger partial charge in [-0.1, -0.05) is 74.3 Å². The second-order valence-corrected chi connectivity index (χ2v) is 8.86. The van der Waals surface area contributed by atoms with Crippen molar-refractivity contribution in [3.8, 4) is 6.07 Å². The van der Waals surface area contributed by atoms with Gasteiger partial charge in [0.05, 0.1) is 12.0 Å². The number of fused-ring (bicyclic) bond motifs is 1. The van der Waals surface area contributed by atoms with E-state index in [0.717, 1.165) is 19.3 Å². The molecule has 0 N–H and O–H groups in total. The van der Waals surface area contributed by atoms with E-state index in [9.17, 15) is 10.1 Å². The zero-order chi connectivity index (χ0) is 20.7. The molecule has 0 fully saturated rings. The van der Waals surface area contributed by atoms with E-state index in [1.165, 1.54) is 35.1 Å². The number of hydrogen-bond acceptors (Lipinski definition) is 2. The molecular formula is C26H35NO. The standard InChI is InChI=1S/C26H35NO/c1-6-7-8-11-21-16-22(18-27)23-12-14-26(5,13-9-10-19(2)3)17-25(23)24(21)15-20(4)28/h9-10,12-14,16,22-23H,6-8,11,15,17H2,1-5H3/b13-9+. The van der Waals surface area contributed by atoms with Gasteiger partial charge in [-0.3, -0.25) is 4.79 Å². The molecule has 0 bridgehead atoms. The lowest BCUT2D eigenvalue weighted by atomic mass is 9.65. The Labute approximate surface area is 171 Å². The summed E-state index contributed by atoms with van der Waals surface area (Å²) < 4.78 is 0. The van der Waals surface area contributed by atoms with E-state index in [0.29, 0.717) is 6.42 Å². The highest BCUT2D eigenvalue weighted by molar-refractivity contribution is 5.80. The average Bonchev–Trinajstić information content (AvgIpc) is 2.62. The quantitative estimate of drug-likeness (QED) is 0.259. The third kappa shape index (κ3) is 5.68. The molecule has 0 saturated heterocycles. The lowest BCUT2D eigenvalue weighted by molar-refractivity contribution is -0.116. The molecule has 2 aliphatic carbocycles. The van der Waals surface area contributed by atoms with Crippen molar-refractivity contribution in [2.75, 3.05) is 0 Å². The number of carbonyl (C=O) groups is 1. The van der Waals surface area contributed by atoms with Crippen molar-refractivity contribution in [2.24, 2.45) is 17.3 Å². The summed E-state index contributed by atoms with van der Waals surface area (Å²) in [5.41, 5.74) is 4.96. The van der Waals surface area contributed by atoms with Crippen molar-refractivity contribution in [2.45, 2.75) is 73.1 Å². The smallest absolute Gasteiger partial charge is 0.134 e. The maximum Gasteiger partial charge on any atom is 0.134 e. The number of ketones is 1. The molecule has 3 atom stereocenters. The lowest BCUT2D eigenvalue weighted by Gasteiger charge is -2.38. The number of Topliss-reactive ketones (excluding diaryl/α,β-unsaturated/α-hetero) is 1. The number of carbonyl (C=O) groups excluding carboxylic acids is 1. The summed E-state index contributed by atoms with van der Waals surface area (Å²) in [4.78, 5) is 12.1. The Morgan fingerprint density at radius 3 is 2.68 bits per heavy atom. The Bertz CT molecular complexity index is 780. The molecule has 2 nitrogen and oxygen atoms in total. The fourth-order valence-corrected chi connectivity index (χ4v) is 4.27. The predicted octanol–water partition coefficient (Wildman–Crippen LogP) is 7.03. The van der Waals surface area contributed by atoms with Crippen LogP contribution in [0.1, 0.15) is 73.1 Å². The van der Waals surface area contributed by atoms with Crippen LogP contribution in [0.15, 0.2) is 58.7 Å². The van der Waals surface area contributed by atoms with Gasteiger partial charge in [0.15, 0.2) is 0 Å². The van der Waals surface area contributed by atoms with E-state index in [1.807, 2.05) is 0 Å². The molecule has 0 heterocycles. The van der Waals surface area contributed by atoms with Crippen LogP contribution in [-0.4, -0.2) is 5.78 Å². The van der Waals surface area contributed by atoms with Crippen molar-refractivity contribution in [3.05, 3.63) is 58.7 Å². The summed E-state index contributed by atoms with van der Waals surface area (Å²) in [7, 11) is 0. The summed E-state index contributed by atoms with van der Waals surface area (Å²) >= 11 is 0. The Hall–Kier alpha value is -2.14. The fraction of sp³-hybridized carbons (Fsp3) is 0.538. The van der Waals surface area contributed by atoms with E-state index in [4.69, 9.17) is 0 Å². The van der Waals surface area contributed by atoms with Crippen LogP contribution in [0.5, 0.6) is 0 Å². The molecule has 0 aromatic heterocycles. The van der Waals surface area contributed by atoms with Gasteiger partial charge in [0, 0.05) is 17.8 Å². The van der Waals surface area contributed by atoms with Gasteiger partial charge in [0.2, 0.25) is 0 Å². The number of nitriles is 1. The van der Waals surface area contributed by atoms with Crippen molar-refractivity contribution in [3.63, 3.8) is 0 Å². The molecule has 2 rings (SSSR count). The average molecular weight is 378 g/mol. The van der Waals surface area contributed by atoms with Crippen LogP contribution in [0, 0.1) is 28.6 Å². The van der Waals surface area contributed by atoms with Crippen LogP contribution in [0.3, 0.4) is 0 Å². The maximum absolute atomic E-state index is 12.1. The maximum atomic E-state index is 12.1. The number of nitrogens with zero attached hydrogens (tertiary/aromatic N) is 1. The minimum Gasteiger partial charge on any atom is -0.300 e. The molecule has 0 aromatic rings. The molecule has 3 unspecified atom stereocenters. The lowest BCUT2D eigenvalue weighted by Crippen LogP contribution is -2.28. The highest BCUT2D eigenvalue weighted by Gasteiger charge is 2.36. The van der Waals surface area contributed by atoms with Gasteiger partial charge in [-0.05, 0) is 51.2 Å². The first-order valence-corrected chi connectivity index (χ1v) is 10.6. The molecule has 150 valence electrons. The first kappa shape index (κ1) is 22.2. The van der Waals surface area contributed by atoms with Crippen LogP contribution in [0.2, 0.25) is 0 Å². The third-order valence-electron chi connectivity index (χ3n) is 5.73. The second kappa shape index (κ2) is 9.87. The number of unbranched alkanes of at least 4 members (excludes halogenated alkanes) is 2. The van der Waals surface area contributed by atoms with E-state index in [1.54, 1.807) is 6.92 Å². The van der Waals surface area contributed by atoms with Gasteiger partial charge >= 0.3 is 0 Å². The Balaban J connectivity index is 2.45. The molecule has 2 heteroatoms. The number of allylic oxidation sites excluding steroid dienone is 10. The minimum atomic E-state index is -0.120. The van der Waals surface area contributed by atoms with Crippen LogP contribution in [-0.2, 0) is 4.79 Å². The monoisotopic (exact) mass is 377 g/mol. The van der Waals surface area contributed by atoms with Crippen LogP contribution in [0.25, 0.3) is 0 Å². The number of rotatable bonds is 8. The second-order valence-electron chi connectivity index (χ2n) is 8.86. The molecular weight excluding hydrogens is 342 g/mol. The minimum absolute atomic E-state index is 0.0777. The van der Waals surface area contributed by atoms with E-state index in [-0.39, 0.29) is 23.0 Å². The van der Waals surface area contributed by atoms with E-state index in [2.05, 4.69) is 70.2 Å². The van der Waals surface area contributed by atoms with Gasteiger partial charge in [0.1, 0.15) is 5.78 Å². The van der Waals surface area contributed by atoms with Crippen molar-refractivity contribution in [1.82, 2.24) is 0 Å². The Morgan fingerprint density at radius 2 is 2.07 bits per heavy atom. The third-order valence-corrected chi connectivity index (χ3v) is 5.73. The summed E-state index contributed by atoms with van der Waals surface area (Å²) in [6, 6.07) is 2.51. The molecule has 0 aromatic carbocycles. The van der Waals surface area contributed by atoms with Gasteiger partial charge in [-0.25, -0.2) is 0 Å². The first-order chi connectivity index (χ1) is 13.3. The molecule has 0 aliphatic heterocycles. The predicted molar refractivity (Wildman–Crippen MR) is 118 cm³/mol. The number of hydrogen-bond donors (Lipinski definition) is 0. The van der Waals surface area contributed by atoms with E-state index < -0.39 is 0 Å². The fourth-order valence-electron chi connectivity index (χ4n) is 4.27. The highest BCUT2D eigenvalue weighted by Crippen LogP contribution is 2.47. The Kier molecular flexibility index (Phi) is 7.81. The largest absolute Gasteiger partial charge is 0.300 e. The Morgan fingerprint density at radius 1 is 1.32 bits per heavy atom. The SMILES string of the molecule is CCCCCC1=CC(C#N)C2C=CC(C)(/C=C/C=C(C)C)CC2=C1CC(C)=O.